The SMILES string of the molecule is CCC([SiH3])(N(C)C)N(C)C. The van der Waals surface area contributed by atoms with Crippen molar-refractivity contribution < 1.29 is 0 Å². The van der Waals surface area contributed by atoms with Crippen LogP contribution in [0, 0.1) is 0 Å². The molecule has 0 aromatic rings. The largest absolute Gasteiger partial charge is 0.295 e. The zero-order valence-corrected chi connectivity index (χ0v) is 10.1. The molecule has 0 rings (SSSR count). The summed E-state index contributed by atoms with van der Waals surface area (Å²) in [5.74, 6) is 0. The Morgan fingerprint density at radius 1 is 1.10 bits per heavy atom. The van der Waals surface area contributed by atoms with Gasteiger partial charge in [-0.15, -0.1) is 0 Å². The molecule has 0 aliphatic rings. The van der Waals surface area contributed by atoms with Crippen molar-refractivity contribution in [2.45, 2.75) is 18.6 Å². The first-order valence-corrected chi connectivity index (χ1v) is 4.80. The van der Waals surface area contributed by atoms with E-state index in [1.165, 1.54) is 16.7 Å². The second kappa shape index (κ2) is 3.51. The van der Waals surface area contributed by atoms with E-state index in [0.29, 0.717) is 5.29 Å². The van der Waals surface area contributed by atoms with Crippen LogP contribution >= 0.6 is 0 Å². The van der Waals surface area contributed by atoms with Crippen LogP contribution in [-0.4, -0.2) is 53.5 Å². The normalized spacial score (nSPS) is 13.5. The molecule has 0 amide bonds. The van der Waals surface area contributed by atoms with Gasteiger partial charge in [0.15, 0.2) is 0 Å². The van der Waals surface area contributed by atoms with E-state index >= 15 is 0 Å². The van der Waals surface area contributed by atoms with Gasteiger partial charge in [-0.2, -0.15) is 0 Å². The van der Waals surface area contributed by atoms with Gasteiger partial charge >= 0.3 is 0 Å². The molecule has 0 saturated carbocycles. The molecule has 0 aromatic heterocycles. The summed E-state index contributed by atoms with van der Waals surface area (Å²) in [6.07, 6.45) is 1.21. The number of hydrogen-bond acceptors (Lipinski definition) is 2. The molecule has 0 aromatic carbocycles. The average Bonchev–Trinajstić information content (AvgIpc) is 1.85. The second-order valence-corrected chi connectivity index (χ2v) is 4.96. The van der Waals surface area contributed by atoms with Crippen molar-refractivity contribution in [2.24, 2.45) is 0 Å². The van der Waals surface area contributed by atoms with Crippen LogP contribution in [0.2, 0.25) is 0 Å². The lowest BCUT2D eigenvalue weighted by molar-refractivity contribution is 0.0809. The second-order valence-electron chi connectivity index (χ2n) is 3.36. The van der Waals surface area contributed by atoms with Gasteiger partial charge in [0.2, 0.25) is 0 Å². The number of hydrogen-bond donors (Lipinski definition) is 0. The third-order valence-electron chi connectivity index (χ3n) is 2.60. The van der Waals surface area contributed by atoms with Gasteiger partial charge in [0.05, 0.1) is 5.29 Å². The van der Waals surface area contributed by atoms with Crippen LogP contribution in [0.25, 0.3) is 0 Å². The van der Waals surface area contributed by atoms with Gasteiger partial charge in [-0.1, -0.05) is 6.92 Å². The van der Waals surface area contributed by atoms with Crippen molar-refractivity contribution in [1.29, 1.82) is 0 Å². The minimum Gasteiger partial charge on any atom is -0.295 e. The van der Waals surface area contributed by atoms with Crippen LogP contribution in [0.3, 0.4) is 0 Å². The summed E-state index contributed by atoms with van der Waals surface area (Å²) in [5, 5.41) is 0.347. The van der Waals surface area contributed by atoms with Gasteiger partial charge in [-0.25, -0.2) is 0 Å². The van der Waals surface area contributed by atoms with Crippen LogP contribution in [-0.2, 0) is 0 Å². The molecule has 62 valence electrons. The zero-order valence-electron chi connectivity index (χ0n) is 8.10. The Labute approximate surface area is 67.6 Å². The molecule has 0 fully saturated rings. The van der Waals surface area contributed by atoms with Gasteiger partial charge in [0, 0.05) is 10.2 Å². The van der Waals surface area contributed by atoms with E-state index in [-0.39, 0.29) is 0 Å². The van der Waals surface area contributed by atoms with Crippen LogP contribution in [0.5, 0.6) is 0 Å². The van der Waals surface area contributed by atoms with Crippen LogP contribution in [0.15, 0.2) is 0 Å². The molecule has 0 N–H and O–H groups in total. The van der Waals surface area contributed by atoms with Crippen molar-refractivity contribution in [3.05, 3.63) is 0 Å². The van der Waals surface area contributed by atoms with Crippen molar-refractivity contribution in [3.63, 3.8) is 0 Å². The molecule has 3 heteroatoms. The monoisotopic (exact) mass is 160 g/mol. The highest BCUT2D eigenvalue weighted by molar-refractivity contribution is 6.14. The highest BCUT2D eigenvalue weighted by Gasteiger charge is 2.25. The highest BCUT2D eigenvalue weighted by Crippen LogP contribution is 2.13. The first kappa shape index (κ1) is 10.1. The predicted molar refractivity (Wildman–Crippen MR) is 50.3 cm³/mol. The summed E-state index contributed by atoms with van der Waals surface area (Å²) in [6.45, 7) is 2.24. The molecule has 0 saturated heterocycles. The Kier molecular flexibility index (Phi) is 3.55. The standard InChI is InChI=1S/C7H20N2Si/c1-6-7(10,8(2)3)9(4)5/h6H2,1-5,10H3. The van der Waals surface area contributed by atoms with Crippen molar-refractivity contribution >= 4 is 10.2 Å². The van der Waals surface area contributed by atoms with Crippen LogP contribution in [0.1, 0.15) is 13.3 Å². The molecule has 0 unspecified atom stereocenters. The van der Waals surface area contributed by atoms with E-state index in [9.17, 15) is 0 Å². The van der Waals surface area contributed by atoms with Gasteiger partial charge < -0.3 is 0 Å². The minimum atomic E-state index is 0.347. The summed E-state index contributed by atoms with van der Waals surface area (Å²) < 4.78 is 0. The molecular weight excluding hydrogens is 140 g/mol. The Balaban J connectivity index is 4.23. The average molecular weight is 160 g/mol. The molecule has 2 nitrogen and oxygen atoms in total. The third-order valence-corrected chi connectivity index (χ3v) is 5.09. The Bertz CT molecular complexity index is 93.8. The van der Waals surface area contributed by atoms with E-state index in [1.807, 2.05) is 0 Å². The summed E-state index contributed by atoms with van der Waals surface area (Å²) in [4.78, 5) is 4.61. The first-order valence-electron chi connectivity index (χ1n) is 3.80. The quantitative estimate of drug-likeness (QED) is 0.407. The first-order chi connectivity index (χ1) is 4.45. The van der Waals surface area contributed by atoms with Gasteiger partial charge in [-0.05, 0) is 34.6 Å². The van der Waals surface area contributed by atoms with Crippen molar-refractivity contribution in [1.82, 2.24) is 9.80 Å². The Hall–Kier alpha value is 0.137. The van der Waals surface area contributed by atoms with E-state index in [4.69, 9.17) is 0 Å². The maximum absolute atomic E-state index is 2.30. The van der Waals surface area contributed by atoms with Crippen molar-refractivity contribution in [2.75, 3.05) is 28.2 Å². The predicted octanol–water partition coefficient (Wildman–Crippen LogP) is -0.461. The maximum Gasteiger partial charge on any atom is 0.0508 e. The van der Waals surface area contributed by atoms with Crippen LogP contribution in [0.4, 0.5) is 0 Å². The third kappa shape index (κ3) is 1.81. The number of nitrogens with zero attached hydrogens (tertiary/aromatic N) is 2. The fourth-order valence-electron chi connectivity index (χ4n) is 1.03. The summed E-state index contributed by atoms with van der Waals surface area (Å²) in [5.41, 5.74) is 0. The zero-order chi connectivity index (χ0) is 8.36. The van der Waals surface area contributed by atoms with Crippen LogP contribution < -0.4 is 0 Å². The smallest absolute Gasteiger partial charge is 0.0508 e. The molecule has 0 bridgehead atoms. The van der Waals surface area contributed by atoms with Crippen molar-refractivity contribution in [3.8, 4) is 0 Å². The highest BCUT2D eigenvalue weighted by atomic mass is 28.1. The van der Waals surface area contributed by atoms with E-state index in [1.54, 1.807) is 0 Å². The van der Waals surface area contributed by atoms with E-state index in [2.05, 4.69) is 44.9 Å². The Morgan fingerprint density at radius 3 is 1.40 bits per heavy atom. The number of rotatable bonds is 3. The summed E-state index contributed by atoms with van der Waals surface area (Å²) >= 11 is 0. The lowest BCUT2D eigenvalue weighted by Gasteiger charge is -2.41. The van der Waals surface area contributed by atoms with Gasteiger partial charge in [0.1, 0.15) is 0 Å². The molecule has 0 spiro atoms. The molecule has 0 aliphatic heterocycles. The fraction of sp³-hybridized carbons (Fsp3) is 1.00. The van der Waals surface area contributed by atoms with Gasteiger partial charge in [0.25, 0.3) is 0 Å². The summed E-state index contributed by atoms with van der Waals surface area (Å²) in [7, 11) is 9.79. The molecule has 0 heterocycles. The fourth-order valence-corrected chi connectivity index (χ4v) is 1.03. The molecular formula is C7H20N2Si. The van der Waals surface area contributed by atoms with E-state index < -0.39 is 0 Å². The molecule has 0 radical (unpaired) electrons. The van der Waals surface area contributed by atoms with Gasteiger partial charge in [-0.3, -0.25) is 9.80 Å². The molecule has 0 atom stereocenters. The summed E-state index contributed by atoms with van der Waals surface area (Å²) in [6, 6.07) is 0. The molecule has 10 heavy (non-hydrogen) atoms. The Morgan fingerprint density at radius 2 is 1.40 bits per heavy atom. The maximum atomic E-state index is 2.30. The van der Waals surface area contributed by atoms with E-state index in [0.717, 1.165) is 0 Å². The lowest BCUT2D eigenvalue weighted by Crippen LogP contribution is -2.55. The topological polar surface area (TPSA) is 6.48 Å². The minimum absolute atomic E-state index is 0.347. The molecule has 0 aliphatic carbocycles. The lowest BCUT2D eigenvalue weighted by atomic mass is 10.3.